The molecule has 0 atom stereocenters. The first-order valence-corrected chi connectivity index (χ1v) is 6.39. The third-order valence-corrected chi connectivity index (χ3v) is 2.54. The van der Waals surface area contributed by atoms with Crippen molar-refractivity contribution in [3.63, 3.8) is 0 Å². The van der Waals surface area contributed by atoms with Gasteiger partial charge in [0.25, 0.3) is 5.69 Å². The van der Waals surface area contributed by atoms with Gasteiger partial charge in [0.2, 0.25) is 0 Å². The number of ether oxygens (including phenoxy) is 1. The lowest BCUT2D eigenvalue weighted by Gasteiger charge is -2.18. The molecule has 1 rings (SSSR count). The summed E-state index contributed by atoms with van der Waals surface area (Å²) in [5, 5.41) is 14.8. The van der Waals surface area contributed by atoms with Gasteiger partial charge in [0, 0.05) is 17.2 Å². The van der Waals surface area contributed by atoms with E-state index in [1.807, 2.05) is 0 Å². The smallest absolute Gasteiger partial charge is 0.428 e. The number of aryl methyl sites for hydroxylation is 1. The standard InChI is InChI=1S/C14H19N3O4/c1-9-6-7-11(8-12(9)17(19)20)10(2)15-16-13(18)21-14(3,4)5/h6-8H,1-5H3,(H,16,18)/b15-10-. The van der Waals surface area contributed by atoms with Gasteiger partial charge in [-0.3, -0.25) is 10.1 Å². The van der Waals surface area contributed by atoms with E-state index in [9.17, 15) is 14.9 Å². The Morgan fingerprint density at radius 1 is 1.38 bits per heavy atom. The average Bonchev–Trinajstić information content (AvgIpc) is 2.34. The van der Waals surface area contributed by atoms with Gasteiger partial charge in [-0.25, -0.2) is 10.2 Å². The van der Waals surface area contributed by atoms with Crippen LogP contribution in [0.5, 0.6) is 0 Å². The zero-order valence-corrected chi connectivity index (χ0v) is 12.8. The predicted octanol–water partition coefficient (Wildman–Crippen LogP) is 3.15. The molecular weight excluding hydrogens is 274 g/mol. The van der Waals surface area contributed by atoms with Gasteiger partial charge in [-0.05, 0) is 34.6 Å². The molecule has 7 heteroatoms. The average molecular weight is 293 g/mol. The fraction of sp³-hybridized carbons (Fsp3) is 0.429. The van der Waals surface area contributed by atoms with Gasteiger partial charge >= 0.3 is 6.09 Å². The number of carbonyl (C=O) groups is 1. The van der Waals surface area contributed by atoms with Gasteiger partial charge in [-0.15, -0.1) is 0 Å². The number of nitro benzene ring substituents is 1. The van der Waals surface area contributed by atoms with Crippen molar-refractivity contribution in [3.05, 3.63) is 39.4 Å². The minimum atomic E-state index is -0.677. The molecule has 114 valence electrons. The Kier molecular flexibility index (Phi) is 5.02. The van der Waals surface area contributed by atoms with Crippen molar-refractivity contribution in [1.29, 1.82) is 0 Å². The summed E-state index contributed by atoms with van der Waals surface area (Å²) in [7, 11) is 0. The molecule has 0 aromatic heterocycles. The molecule has 0 aliphatic rings. The highest BCUT2D eigenvalue weighted by molar-refractivity contribution is 5.99. The van der Waals surface area contributed by atoms with E-state index in [-0.39, 0.29) is 5.69 Å². The molecule has 7 nitrogen and oxygen atoms in total. The van der Waals surface area contributed by atoms with Crippen LogP contribution in [0.4, 0.5) is 10.5 Å². The van der Waals surface area contributed by atoms with E-state index < -0.39 is 16.6 Å². The van der Waals surface area contributed by atoms with E-state index in [1.165, 1.54) is 6.07 Å². The first-order valence-electron chi connectivity index (χ1n) is 6.39. The Bertz CT molecular complexity index is 588. The maximum atomic E-state index is 11.5. The normalized spacial score (nSPS) is 12.0. The zero-order chi connectivity index (χ0) is 16.2. The van der Waals surface area contributed by atoms with Gasteiger partial charge in [0.1, 0.15) is 5.60 Å². The van der Waals surface area contributed by atoms with Gasteiger partial charge in [-0.2, -0.15) is 5.10 Å². The molecule has 0 fully saturated rings. The van der Waals surface area contributed by atoms with E-state index in [0.717, 1.165) is 0 Å². The van der Waals surface area contributed by atoms with Crippen LogP contribution < -0.4 is 5.43 Å². The molecule has 1 aromatic carbocycles. The fourth-order valence-corrected chi connectivity index (χ4v) is 1.53. The lowest BCUT2D eigenvalue weighted by Crippen LogP contribution is -2.30. The van der Waals surface area contributed by atoms with Crippen LogP contribution in [0.15, 0.2) is 23.3 Å². The quantitative estimate of drug-likeness (QED) is 0.526. The topological polar surface area (TPSA) is 93.8 Å². The van der Waals surface area contributed by atoms with E-state index in [0.29, 0.717) is 16.8 Å². The van der Waals surface area contributed by atoms with Crippen molar-refractivity contribution in [2.24, 2.45) is 5.10 Å². The molecular formula is C14H19N3O4. The van der Waals surface area contributed by atoms with Gasteiger partial charge < -0.3 is 4.74 Å². The third kappa shape index (κ3) is 5.21. The number of benzene rings is 1. The van der Waals surface area contributed by atoms with Gasteiger partial charge in [-0.1, -0.05) is 12.1 Å². The number of nitrogens with zero attached hydrogens (tertiary/aromatic N) is 2. The third-order valence-electron chi connectivity index (χ3n) is 2.54. The molecule has 0 spiro atoms. The minimum absolute atomic E-state index is 0.0133. The van der Waals surface area contributed by atoms with Crippen LogP contribution in [0.25, 0.3) is 0 Å². The highest BCUT2D eigenvalue weighted by Gasteiger charge is 2.16. The van der Waals surface area contributed by atoms with E-state index in [1.54, 1.807) is 46.8 Å². The first-order chi connectivity index (χ1) is 9.60. The van der Waals surface area contributed by atoms with Crippen molar-refractivity contribution in [2.75, 3.05) is 0 Å². The summed E-state index contributed by atoms with van der Waals surface area (Å²) in [5.41, 5.74) is 3.23. The van der Waals surface area contributed by atoms with E-state index in [4.69, 9.17) is 4.74 Å². The number of hydrogen-bond acceptors (Lipinski definition) is 5. The number of hydrazone groups is 1. The first kappa shape index (κ1) is 16.6. The molecule has 0 unspecified atom stereocenters. The Morgan fingerprint density at radius 3 is 2.52 bits per heavy atom. The Hall–Kier alpha value is -2.44. The maximum absolute atomic E-state index is 11.5. The summed E-state index contributed by atoms with van der Waals surface area (Å²) in [6.45, 7) is 8.53. The fourth-order valence-electron chi connectivity index (χ4n) is 1.53. The number of nitrogens with one attached hydrogen (secondary N) is 1. The molecule has 0 saturated heterocycles. The van der Waals surface area contributed by atoms with Crippen LogP contribution in [-0.2, 0) is 4.74 Å². The van der Waals surface area contributed by atoms with Crippen molar-refractivity contribution >= 4 is 17.5 Å². The van der Waals surface area contributed by atoms with Crippen LogP contribution in [0.3, 0.4) is 0 Å². The van der Waals surface area contributed by atoms with Crippen molar-refractivity contribution in [1.82, 2.24) is 5.43 Å². The van der Waals surface area contributed by atoms with Crippen LogP contribution in [-0.4, -0.2) is 22.3 Å². The molecule has 0 radical (unpaired) electrons. The maximum Gasteiger partial charge on any atom is 0.428 e. The van der Waals surface area contributed by atoms with Crippen LogP contribution in [0, 0.1) is 17.0 Å². The van der Waals surface area contributed by atoms with E-state index in [2.05, 4.69) is 10.5 Å². The molecule has 0 aliphatic carbocycles. The molecule has 1 N–H and O–H groups in total. The van der Waals surface area contributed by atoms with E-state index >= 15 is 0 Å². The Morgan fingerprint density at radius 2 is 2.00 bits per heavy atom. The summed E-state index contributed by atoms with van der Waals surface area (Å²) in [5.74, 6) is 0. The molecule has 1 amide bonds. The van der Waals surface area contributed by atoms with Crippen molar-refractivity contribution in [3.8, 4) is 0 Å². The highest BCUT2D eigenvalue weighted by atomic mass is 16.6. The molecule has 1 aromatic rings. The largest absolute Gasteiger partial charge is 0.443 e. The molecule has 21 heavy (non-hydrogen) atoms. The molecule has 0 heterocycles. The number of amides is 1. The number of nitro groups is 1. The molecule has 0 saturated carbocycles. The lowest BCUT2D eigenvalue weighted by atomic mass is 10.1. The minimum Gasteiger partial charge on any atom is -0.443 e. The summed E-state index contributed by atoms with van der Waals surface area (Å²) in [6, 6.07) is 4.77. The number of carbonyl (C=O) groups excluding carboxylic acids is 1. The SMILES string of the molecule is C/C(=N/NC(=O)OC(C)(C)C)c1ccc(C)c([N+](=O)[O-])c1. The second-order valence-corrected chi connectivity index (χ2v) is 5.57. The van der Waals surface area contributed by atoms with Gasteiger partial charge in [0.05, 0.1) is 10.6 Å². The predicted molar refractivity (Wildman–Crippen MR) is 79.4 cm³/mol. The number of hydrogen-bond donors (Lipinski definition) is 1. The summed E-state index contributed by atoms with van der Waals surface area (Å²) in [6.07, 6.45) is -0.677. The molecule has 0 bridgehead atoms. The summed E-state index contributed by atoms with van der Waals surface area (Å²) >= 11 is 0. The Balaban J connectivity index is 2.86. The summed E-state index contributed by atoms with van der Waals surface area (Å²) in [4.78, 5) is 21.9. The highest BCUT2D eigenvalue weighted by Crippen LogP contribution is 2.19. The number of rotatable bonds is 3. The lowest BCUT2D eigenvalue weighted by molar-refractivity contribution is -0.385. The second-order valence-electron chi connectivity index (χ2n) is 5.57. The van der Waals surface area contributed by atoms with Crippen LogP contribution in [0.1, 0.15) is 38.8 Å². The monoisotopic (exact) mass is 293 g/mol. The van der Waals surface area contributed by atoms with Crippen LogP contribution in [0.2, 0.25) is 0 Å². The van der Waals surface area contributed by atoms with Crippen molar-refractivity contribution in [2.45, 2.75) is 40.2 Å². The molecule has 0 aliphatic heterocycles. The summed E-state index contributed by atoms with van der Waals surface area (Å²) < 4.78 is 5.04. The van der Waals surface area contributed by atoms with Crippen LogP contribution >= 0.6 is 0 Å². The Labute approximate surface area is 123 Å². The zero-order valence-electron chi connectivity index (χ0n) is 12.8. The van der Waals surface area contributed by atoms with Gasteiger partial charge in [0.15, 0.2) is 0 Å². The second kappa shape index (κ2) is 6.34. The van der Waals surface area contributed by atoms with Crippen molar-refractivity contribution < 1.29 is 14.5 Å².